The Morgan fingerprint density at radius 2 is 0.674 bits per heavy atom. The molecule has 5 aromatic carbocycles. The molecular weight excluding hydrogens is 1240 g/mol. The molecular formula is C75H112ClF6N9O4. The van der Waals surface area contributed by atoms with E-state index in [0.717, 1.165) is 80.7 Å². The first-order valence-corrected chi connectivity index (χ1v) is 35.0. The van der Waals surface area contributed by atoms with Crippen LogP contribution in [0.5, 0.6) is 0 Å². The Morgan fingerprint density at radius 3 is 0.874 bits per heavy atom. The third-order valence-corrected chi connectivity index (χ3v) is 20.0. The summed E-state index contributed by atoms with van der Waals surface area (Å²) in [6.45, 7) is 21.8. The zero-order chi connectivity index (χ0) is 69.0. The van der Waals surface area contributed by atoms with Gasteiger partial charge >= 0.3 is 12.4 Å². The van der Waals surface area contributed by atoms with E-state index in [1.54, 1.807) is 0 Å². The Labute approximate surface area is 567 Å². The molecule has 5 aromatic rings. The minimum absolute atomic E-state index is 0.232. The summed E-state index contributed by atoms with van der Waals surface area (Å²) >= 11 is 6.07. The van der Waals surface area contributed by atoms with Gasteiger partial charge in [0, 0.05) is 85.1 Å². The normalized spacial score (nSPS) is 31.2. The lowest BCUT2D eigenvalue weighted by Crippen LogP contribution is -2.46. The molecule has 95 heavy (non-hydrogen) atoms. The fourth-order valence-corrected chi connectivity index (χ4v) is 13.6. The molecule has 0 aromatic heterocycles. The van der Waals surface area contributed by atoms with Crippen molar-refractivity contribution in [1.82, 2.24) is 47.9 Å². The lowest BCUT2D eigenvalue weighted by atomic mass is 9.93. The summed E-state index contributed by atoms with van der Waals surface area (Å²) in [5, 5.41) is 65.2. The summed E-state index contributed by atoms with van der Waals surface area (Å²) < 4.78 is 71.1. The van der Waals surface area contributed by atoms with Crippen LogP contribution in [0.2, 0.25) is 5.02 Å². The van der Waals surface area contributed by atoms with Gasteiger partial charge in [-0.3, -0.25) is 0 Å². The predicted octanol–water partition coefficient (Wildman–Crippen LogP) is 11.3. The van der Waals surface area contributed by atoms with Crippen LogP contribution in [-0.2, 0) is 6.42 Å². The van der Waals surface area contributed by atoms with Crippen molar-refractivity contribution in [2.45, 2.75) is 201 Å². The van der Waals surface area contributed by atoms with E-state index in [9.17, 15) is 26.3 Å². The van der Waals surface area contributed by atoms with Gasteiger partial charge in [0.25, 0.3) is 0 Å². The van der Waals surface area contributed by atoms with Crippen LogP contribution in [0.25, 0.3) is 0 Å². The van der Waals surface area contributed by atoms with Crippen molar-refractivity contribution < 1.29 is 46.8 Å². The van der Waals surface area contributed by atoms with Gasteiger partial charge in [-0.1, -0.05) is 151 Å². The van der Waals surface area contributed by atoms with Crippen LogP contribution in [0.1, 0.15) is 157 Å². The van der Waals surface area contributed by atoms with E-state index in [2.05, 4.69) is 209 Å². The van der Waals surface area contributed by atoms with Gasteiger partial charge in [0.1, 0.15) is 0 Å². The maximum absolute atomic E-state index is 11.9. The highest BCUT2D eigenvalue weighted by atomic mass is 35.5. The van der Waals surface area contributed by atoms with Crippen molar-refractivity contribution in [2.75, 3.05) is 85.1 Å². The summed E-state index contributed by atoms with van der Waals surface area (Å²) in [5.74, 6) is 2.91. The average Bonchev–Trinajstić information content (AvgIpc) is 1.76. The van der Waals surface area contributed by atoms with Gasteiger partial charge in [0.2, 0.25) is 0 Å². The van der Waals surface area contributed by atoms with Crippen LogP contribution in [-0.4, -0.2) is 170 Å². The maximum Gasteiger partial charge on any atom is 0.418 e. The molecule has 14 rings (SSSR count). The highest BCUT2D eigenvalue weighted by Crippen LogP contribution is 2.36. The fraction of sp³-hybridized carbons (Fsp3) is 0.600. The summed E-state index contributed by atoms with van der Waals surface area (Å²) in [7, 11) is 0. The molecule has 0 unspecified atom stereocenters. The molecule has 9 heterocycles. The molecule has 13 nitrogen and oxygen atoms in total. The zero-order valence-corrected chi connectivity index (χ0v) is 57.7. The number of nitrogens with one attached hydrogen (secondary N) is 9. The Morgan fingerprint density at radius 1 is 0.379 bits per heavy atom. The second kappa shape index (κ2) is 39.3. The fourth-order valence-electron chi connectivity index (χ4n) is 13.4. The van der Waals surface area contributed by atoms with Crippen LogP contribution < -0.4 is 47.9 Å². The number of hydrogen-bond donors (Lipinski definition) is 13. The Kier molecular flexibility index (Phi) is 32.9. The van der Waals surface area contributed by atoms with E-state index in [-0.39, 0.29) is 39.0 Å². The first-order valence-electron chi connectivity index (χ1n) is 34.7. The topological polar surface area (TPSA) is 189 Å². The number of aliphatic hydroxyl groups is 4. The summed E-state index contributed by atoms with van der Waals surface area (Å²) in [5.41, 5.74) is 1.40. The highest BCUT2D eigenvalue weighted by molar-refractivity contribution is 6.31. The first-order chi connectivity index (χ1) is 45.2. The number of alkyl halides is 6. The third-order valence-electron chi connectivity index (χ3n) is 19.6. The maximum atomic E-state index is 11.9. The van der Waals surface area contributed by atoms with E-state index in [0.29, 0.717) is 30.2 Å². The van der Waals surface area contributed by atoms with Gasteiger partial charge in [-0.15, -0.1) is 0 Å². The minimum atomic E-state index is -4.49. The minimum Gasteiger partial charge on any atom is -0.389 e. The molecule has 0 amide bonds. The lowest BCUT2D eigenvalue weighted by molar-refractivity contribution is -0.251. The number of rotatable bonds is 6. The number of β-amino-alcohol motifs (C(OH)–C–C–N with tert-alkyl or cyclic N) is 4. The van der Waals surface area contributed by atoms with Gasteiger partial charge in [-0.05, 0) is 205 Å². The molecule has 0 bridgehead atoms. The summed E-state index contributed by atoms with van der Waals surface area (Å²) in [4.78, 5) is 0. The van der Waals surface area contributed by atoms with E-state index < -0.39 is 34.8 Å². The molecule has 530 valence electrons. The quantitative estimate of drug-likeness (QED) is 0.0721. The molecule has 0 aliphatic carbocycles. The Bertz CT molecular complexity index is 2560. The van der Waals surface area contributed by atoms with E-state index >= 15 is 0 Å². The standard InChI is InChI=1S/C11H14ClN.4C11H15N.2C5H8F3NO.2C5H11NO/c12-11-6-2-1-4-9(11)8-10-5-3-7-13-10;4*1-9-11(7-8-12-9)10-5-3-2-4-6-10;2*6-5(7,8)4(10)1-2-9-3-4;2*1-5(7)2-3-6-4-5/h1-2,4,6,10,13H,3,5,7-8H2;4*2-6,9,11-12H,7-8H2,1H3;2*9-10H,1-3H2;2*6-7H,2-4H2,1H3/t10-;2*9-,11+;2*9-,11-;2*4-;2*5-/m010101010/s1. The van der Waals surface area contributed by atoms with Crippen LogP contribution in [0.15, 0.2) is 146 Å². The summed E-state index contributed by atoms with van der Waals surface area (Å²) in [6, 6.07) is 54.5. The smallest absolute Gasteiger partial charge is 0.389 e. The summed E-state index contributed by atoms with van der Waals surface area (Å²) in [6.07, 6.45) is 1.12. The van der Waals surface area contributed by atoms with Crippen LogP contribution in [0, 0.1) is 0 Å². The Hall–Kier alpha value is -4.55. The number of halogens is 7. The predicted molar refractivity (Wildman–Crippen MR) is 374 cm³/mol. The molecule has 9 saturated heterocycles. The van der Waals surface area contributed by atoms with Crippen molar-refractivity contribution in [3.8, 4) is 0 Å². The first kappa shape index (κ1) is 79.4. The average molecular weight is 1350 g/mol. The van der Waals surface area contributed by atoms with Crippen LogP contribution in [0.3, 0.4) is 0 Å². The molecule has 0 spiro atoms. The molecule has 13 N–H and O–H groups in total. The number of hydrogen-bond acceptors (Lipinski definition) is 13. The highest BCUT2D eigenvalue weighted by Gasteiger charge is 2.56. The molecule has 13 atom stereocenters. The van der Waals surface area contributed by atoms with Crippen molar-refractivity contribution in [2.24, 2.45) is 0 Å². The van der Waals surface area contributed by atoms with E-state index in [4.69, 9.17) is 32.0 Å². The third kappa shape index (κ3) is 26.9. The van der Waals surface area contributed by atoms with Crippen molar-refractivity contribution in [3.05, 3.63) is 178 Å². The second-order valence-corrected chi connectivity index (χ2v) is 28.0. The molecule has 20 heteroatoms. The number of benzene rings is 5. The van der Waals surface area contributed by atoms with Gasteiger partial charge in [-0.25, -0.2) is 0 Å². The Balaban J connectivity index is 0.000000170. The van der Waals surface area contributed by atoms with E-state index in [1.165, 1.54) is 92.5 Å². The molecule has 9 fully saturated rings. The van der Waals surface area contributed by atoms with Crippen LogP contribution in [0.4, 0.5) is 26.3 Å². The van der Waals surface area contributed by atoms with Crippen molar-refractivity contribution in [3.63, 3.8) is 0 Å². The van der Waals surface area contributed by atoms with Gasteiger partial charge in [-0.2, -0.15) is 26.3 Å². The largest absolute Gasteiger partial charge is 0.418 e. The zero-order valence-electron chi connectivity index (χ0n) is 57.0. The van der Waals surface area contributed by atoms with Crippen molar-refractivity contribution in [1.29, 1.82) is 0 Å². The molecule has 0 radical (unpaired) electrons. The SMILES string of the molecule is C[C@@H]1NCC[C@@H]1c1ccccc1.C[C@@H]1NCC[C@H]1c1ccccc1.C[C@@]1(O)CCNC1.C[C@H]1NCC[C@@H]1c1ccccc1.C[C@H]1NCC[C@H]1c1ccccc1.C[C@]1(O)CCNC1.Clc1ccccc1C[C@@H]1CCCN1.O[C@@]1(C(F)(F)F)CCNC1.O[C@]1(C(F)(F)F)CCNC1. The van der Waals surface area contributed by atoms with Gasteiger partial charge < -0.3 is 68.3 Å². The van der Waals surface area contributed by atoms with Gasteiger partial charge in [0.15, 0.2) is 11.2 Å². The van der Waals surface area contributed by atoms with Crippen LogP contribution >= 0.6 is 11.6 Å². The molecule has 9 aliphatic rings. The van der Waals surface area contributed by atoms with Gasteiger partial charge in [0.05, 0.1) is 11.2 Å². The monoisotopic (exact) mass is 1350 g/mol. The second-order valence-electron chi connectivity index (χ2n) is 27.5. The van der Waals surface area contributed by atoms with Crippen molar-refractivity contribution >= 4 is 11.6 Å². The lowest BCUT2D eigenvalue weighted by Gasteiger charge is -2.23. The molecule has 0 saturated carbocycles. The van der Waals surface area contributed by atoms with E-state index in [1.807, 2.05) is 26.0 Å². The molecule has 9 aliphatic heterocycles.